The molecule has 0 aliphatic rings. The van der Waals surface area contributed by atoms with Crippen LogP contribution in [0.1, 0.15) is 47.1 Å². The highest BCUT2D eigenvalue weighted by molar-refractivity contribution is 7.10. The van der Waals surface area contributed by atoms with Crippen LogP contribution in [0.15, 0.2) is 36.0 Å². The van der Waals surface area contributed by atoms with Crippen molar-refractivity contribution in [3.05, 3.63) is 52.0 Å². The molecule has 0 aliphatic heterocycles. The quantitative estimate of drug-likeness (QED) is 0.905. The Bertz CT molecular complexity index is 536. The van der Waals surface area contributed by atoms with Crippen molar-refractivity contribution < 1.29 is 4.79 Å². The van der Waals surface area contributed by atoms with E-state index in [0.29, 0.717) is 0 Å². The van der Waals surface area contributed by atoms with Gasteiger partial charge in [0.05, 0.1) is 11.6 Å². The second-order valence-corrected chi connectivity index (χ2v) is 5.52. The van der Waals surface area contributed by atoms with E-state index in [1.165, 1.54) is 4.88 Å². The molecule has 0 saturated carbocycles. The lowest BCUT2D eigenvalue weighted by atomic mass is 10.1. The summed E-state index contributed by atoms with van der Waals surface area (Å²) in [6.45, 7) is 4.12. The Morgan fingerprint density at radius 2 is 2.16 bits per heavy atom. The molecule has 1 amide bonds. The summed E-state index contributed by atoms with van der Waals surface area (Å²) in [7, 11) is 0. The minimum Gasteiger partial charge on any atom is -0.345 e. The molecule has 2 heterocycles. The predicted molar refractivity (Wildman–Crippen MR) is 78.4 cm³/mol. The zero-order valence-corrected chi connectivity index (χ0v) is 12.0. The number of pyridine rings is 1. The van der Waals surface area contributed by atoms with Gasteiger partial charge in [-0.05, 0) is 37.1 Å². The van der Waals surface area contributed by atoms with Gasteiger partial charge in [0.15, 0.2) is 0 Å². The summed E-state index contributed by atoms with van der Waals surface area (Å²) >= 11 is 1.65. The van der Waals surface area contributed by atoms with Gasteiger partial charge >= 0.3 is 0 Å². The third-order valence-electron chi connectivity index (χ3n) is 2.97. The van der Waals surface area contributed by atoms with Crippen LogP contribution in [0.2, 0.25) is 0 Å². The van der Waals surface area contributed by atoms with Crippen molar-refractivity contribution in [1.29, 1.82) is 0 Å². The van der Waals surface area contributed by atoms with Crippen LogP contribution in [0.4, 0.5) is 0 Å². The molecule has 0 radical (unpaired) electrons. The molecule has 2 aromatic rings. The highest BCUT2D eigenvalue weighted by Gasteiger charge is 2.12. The number of carbonyl (C=O) groups excluding carboxylic acids is 1. The largest absolute Gasteiger partial charge is 0.345 e. The van der Waals surface area contributed by atoms with Gasteiger partial charge in [-0.25, -0.2) is 0 Å². The third kappa shape index (κ3) is 3.64. The number of nitrogens with one attached hydrogen (secondary N) is 1. The Kier molecular flexibility index (Phi) is 4.68. The lowest BCUT2D eigenvalue weighted by molar-refractivity contribution is 0.0940. The van der Waals surface area contributed by atoms with E-state index >= 15 is 0 Å². The Morgan fingerprint density at radius 3 is 2.84 bits per heavy atom. The second kappa shape index (κ2) is 6.48. The highest BCUT2D eigenvalue weighted by atomic mass is 32.1. The average Bonchev–Trinajstić information content (AvgIpc) is 2.89. The SMILES string of the molecule is CCCc1cc(C(=O)N[C@@H](C)c2ccncc2)cs1. The maximum atomic E-state index is 12.1. The Hall–Kier alpha value is -1.68. The molecule has 1 atom stereocenters. The zero-order valence-electron chi connectivity index (χ0n) is 11.2. The first-order valence-corrected chi connectivity index (χ1v) is 7.37. The van der Waals surface area contributed by atoms with Crippen molar-refractivity contribution >= 4 is 17.2 Å². The minimum absolute atomic E-state index is 0.00924. The maximum Gasteiger partial charge on any atom is 0.252 e. The molecule has 3 nitrogen and oxygen atoms in total. The van der Waals surface area contributed by atoms with Gasteiger partial charge in [0.1, 0.15) is 0 Å². The van der Waals surface area contributed by atoms with Gasteiger partial charge in [-0.1, -0.05) is 13.3 Å². The van der Waals surface area contributed by atoms with E-state index in [4.69, 9.17) is 0 Å². The molecular weight excluding hydrogens is 256 g/mol. The number of amides is 1. The van der Waals surface area contributed by atoms with Gasteiger partial charge in [-0.15, -0.1) is 11.3 Å². The van der Waals surface area contributed by atoms with Gasteiger partial charge in [0.25, 0.3) is 5.91 Å². The van der Waals surface area contributed by atoms with Crippen LogP contribution in [0, 0.1) is 0 Å². The molecular formula is C15H18N2OS. The van der Waals surface area contributed by atoms with E-state index in [9.17, 15) is 4.79 Å². The van der Waals surface area contributed by atoms with Crippen molar-refractivity contribution in [1.82, 2.24) is 10.3 Å². The number of nitrogens with zero attached hydrogens (tertiary/aromatic N) is 1. The van der Waals surface area contributed by atoms with Crippen LogP contribution in [-0.2, 0) is 6.42 Å². The average molecular weight is 274 g/mol. The summed E-state index contributed by atoms with van der Waals surface area (Å²) in [5.41, 5.74) is 1.82. The van der Waals surface area contributed by atoms with Crippen molar-refractivity contribution in [2.24, 2.45) is 0 Å². The van der Waals surface area contributed by atoms with E-state index in [1.54, 1.807) is 23.7 Å². The Morgan fingerprint density at radius 1 is 1.42 bits per heavy atom. The molecule has 19 heavy (non-hydrogen) atoms. The molecule has 0 spiro atoms. The first-order valence-electron chi connectivity index (χ1n) is 6.49. The molecule has 0 saturated heterocycles. The van der Waals surface area contributed by atoms with Gasteiger partial charge in [0.2, 0.25) is 0 Å². The fourth-order valence-electron chi connectivity index (χ4n) is 1.89. The van der Waals surface area contributed by atoms with E-state index < -0.39 is 0 Å². The summed E-state index contributed by atoms with van der Waals surface area (Å²) in [5.74, 6) is -0.0112. The van der Waals surface area contributed by atoms with Crippen LogP contribution < -0.4 is 5.32 Å². The smallest absolute Gasteiger partial charge is 0.252 e. The second-order valence-electron chi connectivity index (χ2n) is 4.53. The van der Waals surface area contributed by atoms with Crippen molar-refractivity contribution in [2.45, 2.75) is 32.7 Å². The molecule has 2 aromatic heterocycles. The summed E-state index contributed by atoms with van der Waals surface area (Å²) in [4.78, 5) is 17.4. The highest BCUT2D eigenvalue weighted by Crippen LogP contribution is 2.18. The van der Waals surface area contributed by atoms with E-state index in [2.05, 4.69) is 17.2 Å². The van der Waals surface area contributed by atoms with Crippen LogP contribution in [0.5, 0.6) is 0 Å². The van der Waals surface area contributed by atoms with Gasteiger partial charge in [-0.3, -0.25) is 9.78 Å². The number of rotatable bonds is 5. The lowest BCUT2D eigenvalue weighted by Crippen LogP contribution is -2.26. The van der Waals surface area contributed by atoms with E-state index in [0.717, 1.165) is 24.0 Å². The standard InChI is InChI=1S/C15H18N2OS/c1-3-4-14-9-13(10-19-14)15(18)17-11(2)12-5-7-16-8-6-12/h5-11H,3-4H2,1-2H3,(H,17,18)/t11-/m0/s1. The zero-order chi connectivity index (χ0) is 13.7. The first-order chi connectivity index (χ1) is 9.20. The minimum atomic E-state index is -0.0112. The third-order valence-corrected chi connectivity index (χ3v) is 3.96. The summed E-state index contributed by atoms with van der Waals surface area (Å²) in [6, 6.07) is 5.82. The molecule has 2 rings (SSSR count). The van der Waals surface area contributed by atoms with Crippen LogP contribution in [0.3, 0.4) is 0 Å². The van der Waals surface area contributed by atoms with Crippen LogP contribution in [-0.4, -0.2) is 10.9 Å². The molecule has 0 bridgehead atoms. The maximum absolute atomic E-state index is 12.1. The van der Waals surface area contributed by atoms with Crippen LogP contribution in [0.25, 0.3) is 0 Å². The topological polar surface area (TPSA) is 42.0 Å². The normalized spacial score (nSPS) is 12.1. The van der Waals surface area contributed by atoms with Gasteiger partial charge in [0, 0.05) is 22.7 Å². The Labute approximate surface area is 117 Å². The molecule has 4 heteroatoms. The van der Waals surface area contributed by atoms with Gasteiger partial charge < -0.3 is 5.32 Å². The fraction of sp³-hybridized carbons (Fsp3) is 0.333. The van der Waals surface area contributed by atoms with Crippen LogP contribution >= 0.6 is 11.3 Å². The molecule has 0 unspecified atom stereocenters. The first kappa shape index (κ1) is 13.7. The van der Waals surface area contributed by atoms with E-state index in [-0.39, 0.29) is 11.9 Å². The number of carbonyl (C=O) groups is 1. The summed E-state index contributed by atoms with van der Waals surface area (Å²) in [6.07, 6.45) is 5.62. The number of hydrogen-bond acceptors (Lipinski definition) is 3. The lowest BCUT2D eigenvalue weighted by Gasteiger charge is -2.13. The van der Waals surface area contributed by atoms with Crippen molar-refractivity contribution in [2.75, 3.05) is 0 Å². The molecule has 1 N–H and O–H groups in total. The molecule has 0 aromatic carbocycles. The number of aryl methyl sites for hydroxylation is 1. The molecule has 0 aliphatic carbocycles. The van der Waals surface area contributed by atoms with Crippen molar-refractivity contribution in [3.8, 4) is 0 Å². The summed E-state index contributed by atoms with van der Waals surface area (Å²) < 4.78 is 0. The van der Waals surface area contributed by atoms with Crippen molar-refractivity contribution in [3.63, 3.8) is 0 Å². The Balaban J connectivity index is 2.00. The predicted octanol–water partition coefficient (Wildman–Crippen LogP) is 3.59. The fourth-order valence-corrected chi connectivity index (χ4v) is 2.86. The summed E-state index contributed by atoms with van der Waals surface area (Å²) in [5, 5.41) is 4.94. The molecule has 0 fully saturated rings. The van der Waals surface area contributed by atoms with E-state index in [1.807, 2.05) is 30.5 Å². The monoisotopic (exact) mass is 274 g/mol. The van der Waals surface area contributed by atoms with Gasteiger partial charge in [-0.2, -0.15) is 0 Å². The number of aromatic nitrogens is 1. The molecule has 100 valence electrons. The number of hydrogen-bond donors (Lipinski definition) is 1. The number of thiophene rings is 1.